The van der Waals surface area contributed by atoms with Crippen molar-refractivity contribution in [2.75, 3.05) is 13.2 Å². The third-order valence-corrected chi connectivity index (χ3v) is 3.90. The summed E-state index contributed by atoms with van der Waals surface area (Å²) in [6, 6.07) is 15.2. The molecule has 3 rings (SSSR count). The molecular weight excluding hydrogens is 335 g/mol. The Balaban J connectivity index is 1.65. The van der Waals surface area contributed by atoms with Crippen molar-refractivity contribution in [3.8, 4) is 11.4 Å². The summed E-state index contributed by atoms with van der Waals surface area (Å²) in [4.78, 5) is 12.4. The molecule has 0 radical (unpaired) electrons. The molecule has 0 saturated heterocycles. The molecule has 0 aliphatic heterocycles. The normalized spacial score (nSPS) is 10.6. The van der Waals surface area contributed by atoms with E-state index >= 15 is 0 Å². The van der Waals surface area contributed by atoms with Crippen molar-refractivity contribution in [3.05, 3.63) is 77.4 Å². The average Bonchev–Trinajstić information content (AvgIpc) is 2.94. The van der Waals surface area contributed by atoms with Crippen LogP contribution < -0.4 is 4.74 Å². The zero-order valence-corrected chi connectivity index (χ0v) is 14.6. The zero-order valence-electron chi connectivity index (χ0n) is 14.6. The van der Waals surface area contributed by atoms with Gasteiger partial charge in [0.1, 0.15) is 30.3 Å². The highest BCUT2D eigenvalue weighted by Crippen LogP contribution is 2.19. The van der Waals surface area contributed by atoms with E-state index in [0.717, 1.165) is 5.75 Å². The first-order valence-corrected chi connectivity index (χ1v) is 8.23. The molecule has 0 bridgehead atoms. The largest absolute Gasteiger partial charge is 0.490 e. The van der Waals surface area contributed by atoms with Crippen LogP contribution in [0.5, 0.6) is 5.75 Å². The van der Waals surface area contributed by atoms with E-state index in [9.17, 15) is 9.18 Å². The first kappa shape index (κ1) is 17.7. The molecule has 0 spiro atoms. The summed E-state index contributed by atoms with van der Waals surface area (Å²) in [7, 11) is 0. The quantitative estimate of drug-likeness (QED) is 0.498. The summed E-state index contributed by atoms with van der Waals surface area (Å²) in [6.45, 7) is 3.92. The Kier molecular flexibility index (Phi) is 5.31. The lowest BCUT2D eigenvalue weighted by Crippen LogP contribution is -2.13. The van der Waals surface area contributed by atoms with E-state index in [1.165, 1.54) is 12.1 Å². The molecule has 1 heterocycles. The molecule has 0 aliphatic carbocycles. The lowest BCUT2D eigenvalue weighted by Gasteiger charge is -2.08. The second-order valence-electron chi connectivity index (χ2n) is 5.73. The van der Waals surface area contributed by atoms with Crippen molar-refractivity contribution in [2.45, 2.75) is 13.8 Å². The number of aryl methyl sites for hydroxylation is 1. The summed E-state index contributed by atoms with van der Waals surface area (Å²) in [5, 5.41) is 4.37. The Morgan fingerprint density at radius 3 is 2.42 bits per heavy atom. The van der Waals surface area contributed by atoms with Gasteiger partial charge >= 0.3 is 5.97 Å². The summed E-state index contributed by atoms with van der Waals surface area (Å²) < 4.78 is 25.5. The van der Waals surface area contributed by atoms with Gasteiger partial charge in [0.25, 0.3) is 0 Å². The van der Waals surface area contributed by atoms with Gasteiger partial charge in [-0.25, -0.2) is 13.9 Å². The van der Waals surface area contributed by atoms with E-state index in [0.29, 0.717) is 22.6 Å². The molecule has 0 N–H and O–H groups in total. The number of ether oxygens (including phenoxy) is 2. The fourth-order valence-electron chi connectivity index (χ4n) is 2.65. The maximum atomic E-state index is 13.1. The van der Waals surface area contributed by atoms with E-state index < -0.39 is 5.97 Å². The number of esters is 1. The molecular formula is C20H19FN2O3. The SMILES string of the molecule is Cc1nn(-c2ccc(F)cc2)c(C)c1C(=O)OCCOc1ccccc1. The Morgan fingerprint density at radius 2 is 1.73 bits per heavy atom. The standard InChI is InChI=1S/C20H19FN2O3/c1-14-19(15(2)23(22-14)17-10-8-16(21)9-11-17)20(24)26-13-12-25-18-6-4-3-5-7-18/h3-11H,12-13H2,1-2H3. The summed E-state index contributed by atoms with van der Waals surface area (Å²) >= 11 is 0. The minimum Gasteiger partial charge on any atom is -0.490 e. The minimum atomic E-state index is -0.454. The van der Waals surface area contributed by atoms with Crippen molar-refractivity contribution < 1.29 is 18.7 Å². The van der Waals surface area contributed by atoms with E-state index in [1.54, 1.807) is 30.7 Å². The maximum absolute atomic E-state index is 13.1. The lowest BCUT2D eigenvalue weighted by atomic mass is 10.2. The summed E-state index contributed by atoms with van der Waals surface area (Å²) in [6.07, 6.45) is 0. The van der Waals surface area contributed by atoms with Gasteiger partial charge < -0.3 is 9.47 Å². The molecule has 5 nitrogen and oxygen atoms in total. The van der Waals surface area contributed by atoms with Gasteiger partial charge in [-0.15, -0.1) is 0 Å². The Labute approximate surface area is 151 Å². The third-order valence-electron chi connectivity index (χ3n) is 3.90. The van der Waals surface area contributed by atoms with Crippen LogP contribution in [-0.4, -0.2) is 29.0 Å². The molecule has 26 heavy (non-hydrogen) atoms. The Hall–Kier alpha value is -3.15. The number of carbonyl (C=O) groups is 1. The lowest BCUT2D eigenvalue weighted by molar-refractivity contribution is 0.0448. The number of hydrogen-bond donors (Lipinski definition) is 0. The number of hydrogen-bond acceptors (Lipinski definition) is 4. The number of benzene rings is 2. The Morgan fingerprint density at radius 1 is 1.04 bits per heavy atom. The highest BCUT2D eigenvalue weighted by Gasteiger charge is 2.20. The molecule has 6 heteroatoms. The fraction of sp³-hybridized carbons (Fsp3) is 0.200. The van der Waals surface area contributed by atoms with Crippen LogP contribution in [0.3, 0.4) is 0 Å². The topological polar surface area (TPSA) is 53.4 Å². The van der Waals surface area contributed by atoms with E-state index in [2.05, 4.69) is 5.10 Å². The van der Waals surface area contributed by atoms with Crippen LogP contribution in [-0.2, 0) is 4.74 Å². The predicted molar refractivity (Wildman–Crippen MR) is 95.2 cm³/mol. The zero-order chi connectivity index (χ0) is 18.5. The van der Waals surface area contributed by atoms with Crippen LogP contribution in [0.15, 0.2) is 54.6 Å². The number of carbonyl (C=O) groups excluding carboxylic acids is 1. The molecule has 3 aromatic rings. The van der Waals surface area contributed by atoms with Gasteiger partial charge in [0.2, 0.25) is 0 Å². The maximum Gasteiger partial charge on any atom is 0.342 e. The molecule has 0 unspecified atom stereocenters. The average molecular weight is 354 g/mol. The monoisotopic (exact) mass is 354 g/mol. The first-order valence-electron chi connectivity index (χ1n) is 8.23. The van der Waals surface area contributed by atoms with Gasteiger partial charge in [0, 0.05) is 0 Å². The van der Waals surface area contributed by atoms with E-state index in [-0.39, 0.29) is 19.0 Å². The molecule has 0 aliphatic rings. The van der Waals surface area contributed by atoms with E-state index in [4.69, 9.17) is 9.47 Å². The molecule has 0 saturated carbocycles. The van der Waals surface area contributed by atoms with Crippen LogP contribution in [0.1, 0.15) is 21.7 Å². The van der Waals surface area contributed by atoms with E-state index in [1.807, 2.05) is 30.3 Å². The van der Waals surface area contributed by atoms with Crippen LogP contribution >= 0.6 is 0 Å². The number of para-hydroxylation sites is 1. The highest BCUT2D eigenvalue weighted by atomic mass is 19.1. The van der Waals surface area contributed by atoms with Crippen molar-refractivity contribution in [1.82, 2.24) is 9.78 Å². The highest BCUT2D eigenvalue weighted by molar-refractivity contribution is 5.92. The smallest absolute Gasteiger partial charge is 0.342 e. The van der Waals surface area contributed by atoms with Gasteiger partial charge in [-0.1, -0.05) is 18.2 Å². The third kappa shape index (κ3) is 3.91. The van der Waals surface area contributed by atoms with Crippen molar-refractivity contribution in [1.29, 1.82) is 0 Å². The molecule has 0 fully saturated rings. The first-order chi connectivity index (χ1) is 12.6. The van der Waals surface area contributed by atoms with Gasteiger partial charge in [0.15, 0.2) is 0 Å². The molecule has 134 valence electrons. The van der Waals surface area contributed by atoms with Gasteiger partial charge in [-0.3, -0.25) is 0 Å². The summed E-state index contributed by atoms with van der Waals surface area (Å²) in [5.41, 5.74) is 2.29. The minimum absolute atomic E-state index is 0.133. The number of nitrogens with zero attached hydrogens (tertiary/aromatic N) is 2. The van der Waals surface area contributed by atoms with Crippen LogP contribution in [0.2, 0.25) is 0 Å². The van der Waals surface area contributed by atoms with Gasteiger partial charge in [0.05, 0.1) is 17.1 Å². The van der Waals surface area contributed by atoms with Crippen LogP contribution in [0.25, 0.3) is 5.69 Å². The number of halogens is 1. The second-order valence-corrected chi connectivity index (χ2v) is 5.73. The van der Waals surface area contributed by atoms with Gasteiger partial charge in [-0.05, 0) is 50.2 Å². The molecule has 2 aromatic carbocycles. The second kappa shape index (κ2) is 7.82. The Bertz CT molecular complexity index is 889. The van der Waals surface area contributed by atoms with Crippen molar-refractivity contribution in [3.63, 3.8) is 0 Å². The fourth-order valence-corrected chi connectivity index (χ4v) is 2.65. The molecule has 0 amide bonds. The van der Waals surface area contributed by atoms with Crippen molar-refractivity contribution >= 4 is 5.97 Å². The molecule has 1 aromatic heterocycles. The van der Waals surface area contributed by atoms with Crippen molar-refractivity contribution in [2.24, 2.45) is 0 Å². The number of rotatable bonds is 6. The molecule has 0 atom stereocenters. The van der Waals surface area contributed by atoms with Crippen LogP contribution in [0, 0.1) is 19.7 Å². The van der Waals surface area contributed by atoms with Gasteiger partial charge in [-0.2, -0.15) is 5.10 Å². The van der Waals surface area contributed by atoms with Crippen LogP contribution in [0.4, 0.5) is 4.39 Å². The predicted octanol–water partition coefficient (Wildman–Crippen LogP) is 3.86. The summed E-state index contributed by atoms with van der Waals surface area (Å²) in [5.74, 6) is -0.0570. The number of aromatic nitrogens is 2.